The van der Waals surface area contributed by atoms with Crippen molar-refractivity contribution >= 4 is 16.9 Å². The van der Waals surface area contributed by atoms with Gasteiger partial charge in [-0.3, -0.25) is 9.58 Å². The maximum atomic E-state index is 12.1. The molecule has 2 aromatic carbocycles. The Kier molecular flexibility index (Phi) is 8.03. The lowest BCUT2D eigenvalue weighted by atomic mass is 10.1. The summed E-state index contributed by atoms with van der Waals surface area (Å²) in [6.07, 6.45) is 5.02. The van der Waals surface area contributed by atoms with Gasteiger partial charge in [-0.15, -0.1) is 0 Å². The first-order valence-electron chi connectivity index (χ1n) is 11.9. The minimum Gasteiger partial charge on any atom is -0.494 e. The number of aryl methyl sites for hydroxylation is 1. The van der Waals surface area contributed by atoms with E-state index in [-0.39, 0.29) is 0 Å². The molecule has 0 radical (unpaired) electrons. The SMILES string of the molecule is CCCC1COCCN1CCCOc1ccc(Oc2cc(C(=O)OC)cc3cnn(C)c23)cc1. The fourth-order valence-electron chi connectivity index (χ4n) is 4.37. The molecule has 4 rings (SSSR count). The lowest BCUT2D eigenvalue weighted by Gasteiger charge is -2.35. The van der Waals surface area contributed by atoms with Crippen LogP contribution in [-0.4, -0.2) is 66.7 Å². The van der Waals surface area contributed by atoms with Crippen molar-refractivity contribution in [2.24, 2.45) is 7.05 Å². The number of carbonyl (C=O) groups excluding carboxylic acids is 1. The molecule has 182 valence electrons. The van der Waals surface area contributed by atoms with Gasteiger partial charge in [0.2, 0.25) is 0 Å². The summed E-state index contributed by atoms with van der Waals surface area (Å²) in [6.45, 7) is 6.55. The highest BCUT2D eigenvalue weighted by Crippen LogP contribution is 2.32. The van der Waals surface area contributed by atoms with Crippen molar-refractivity contribution in [1.82, 2.24) is 14.7 Å². The molecule has 0 saturated carbocycles. The van der Waals surface area contributed by atoms with Crippen LogP contribution < -0.4 is 9.47 Å². The molecule has 8 nitrogen and oxygen atoms in total. The van der Waals surface area contributed by atoms with Crippen LogP contribution in [0.2, 0.25) is 0 Å². The van der Waals surface area contributed by atoms with Crippen molar-refractivity contribution < 1.29 is 23.7 Å². The number of carbonyl (C=O) groups is 1. The number of hydrogen-bond acceptors (Lipinski definition) is 7. The molecule has 0 bridgehead atoms. The van der Waals surface area contributed by atoms with Crippen LogP contribution in [-0.2, 0) is 16.5 Å². The predicted molar refractivity (Wildman–Crippen MR) is 130 cm³/mol. The van der Waals surface area contributed by atoms with Gasteiger partial charge in [0.05, 0.1) is 38.7 Å². The standard InChI is InChI=1S/C26H33N3O5/c1-4-6-21-18-32-14-12-29(21)11-5-13-33-22-7-9-23(10-8-22)34-24-16-19(26(30)31-3)15-20-17-27-28(2)25(20)24/h7-10,15-17,21H,4-6,11-14,18H2,1-3H3. The van der Waals surface area contributed by atoms with Gasteiger partial charge in [0.15, 0.2) is 5.75 Å². The number of ether oxygens (including phenoxy) is 4. The van der Waals surface area contributed by atoms with Gasteiger partial charge < -0.3 is 18.9 Å². The smallest absolute Gasteiger partial charge is 0.338 e. The van der Waals surface area contributed by atoms with Gasteiger partial charge in [0, 0.05) is 31.6 Å². The van der Waals surface area contributed by atoms with E-state index in [1.165, 1.54) is 20.0 Å². The Morgan fingerprint density at radius 1 is 1.21 bits per heavy atom. The molecule has 1 aliphatic heterocycles. The molecule has 1 unspecified atom stereocenters. The molecule has 1 fully saturated rings. The lowest BCUT2D eigenvalue weighted by Crippen LogP contribution is -2.45. The van der Waals surface area contributed by atoms with Crippen molar-refractivity contribution in [3.05, 3.63) is 48.2 Å². The van der Waals surface area contributed by atoms with Crippen LogP contribution in [0, 0.1) is 0 Å². The summed E-state index contributed by atoms with van der Waals surface area (Å²) in [5.74, 6) is 1.57. The van der Waals surface area contributed by atoms with E-state index < -0.39 is 5.97 Å². The third-order valence-corrected chi connectivity index (χ3v) is 6.10. The Hall–Kier alpha value is -3.10. The monoisotopic (exact) mass is 467 g/mol. The summed E-state index contributed by atoms with van der Waals surface area (Å²) in [4.78, 5) is 14.6. The molecule has 1 aliphatic rings. The van der Waals surface area contributed by atoms with Gasteiger partial charge in [-0.05, 0) is 49.2 Å². The van der Waals surface area contributed by atoms with E-state index in [4.69, 9.17) is 18.9 Å². The summed E-state index contributed by atoms with van der Waals surface area (Å²) >= 11 is 0. The van der Waals surface area contributed by atoms with Gasteiger partial charge in [0.25, 0.3) is 0 Å². The normalized spacial score (nSPS) is 16.5. The van der Waals surface area contributed by atoms with Crippen LogP contribution >= 0.6 is 0 Å². The third kappa shape index (κ3) is 5.69. The van der Waals surface area contributed by atoms with Gasteiger partial charge in [-0.25, -0.2) is 4.79 Å². The van der Waals surface area contributed by atoms with E-state index in [0.717, 1.165) is 49.4 Å². The first-order valence-corrected chi connectivity index (χ1v) is 11.9. The highest BCUT2D eigenvalue weighted by atomic mass is 16.5. The minimum atomic E-state index is -0.419. The van der Waals surface area contributed by atoms with Gasteiger partial charge >= 0.3 is 5.97 Å². The van der Waals surface area contributed by atoms with E-state index in [9.17, 15) is 4.79 Å². The fraction of sp³-hybridized carbons (Fsp3) is 0.462. The van der Waals surface area contributed by atoms with E-state index in [1.807, 2.05) is 31.3 Å². The Balaban J connectivity index is 1.35. The zero-order valence-corrected chi connectivity index (χ0v) is 20.2. The van der Waals surface area contributed by atoms with E-state index in [1.54, 1.807) is 23.0 Å². The Morgan fingerprint density at radius 3 is 2.76 bits per heavy atom. The molecular weight excluding hydrogens is 434 g/mol. The highest BCUT2D eigenvalue weighted by Gasteiger charge is 2.21. The fourth-order valence-corrected chi connectivity index (χ4v) is 4.37. The second-order valence-corrected chi connectivity index (χ2v) is 8.50. The molecule has 0 N–H and O–H groups in total. The van der Waals surface area contributed by atoms with Crippen molar-refractivity contribution in [3.63, 3.8) is 0 Å². The van der Waals surface area contributed by atoms with Crippen LogP contribution in [0.25, 0.3) is 10.9 Å². The van der Waals surface area contributed by atoms with Crippen LogP contribution in [0.4, 0.5) is 0 Å². The van der Waals surface area contributed by atoms with E-state index >= 15 is 0 Å². The second kappa shape index (κ2) is 11.4. The Morgan fingerprint density at radius 2 is 2.00 bits per heavy atom. The van der Waals surface area contributed by atoms with Crippen LogP contribution in [0.5, 0.6) is 17.2 Å². The highest BCUT2D eigenvalue weighted by molar-refractivity contribution is 5.97. The number of fused-ring (bicyclic) bond motifs is 1. The molecule has 1 saturated heterocycles. The van der Waals surface area contributed by atoms with Gasteiger partial charge in [-0.2, -0.15) is 5.10 Å². The molecule has 34 heavy (non-hydrogen) atoms. The number of esters is 1. The first-order chi connectivity index (χ1) is 16.6. The minimum absolute atomic E-state index is 0.416. The number of methoxy groups -OCH3 is 1. The molecule has 1 aromatic heterocycles. The molecule has 0 aliphatic carbocycles. The van der Waals surface area contributed by atoms with Gasteiger partial charge in [-0.1, -0.05) is 13.3 Å². The summed E-state index contributed by atoms with van der Waals surface area (Å²) in [7, 11) is 3.20. The van der Waals surface area contributed by atoms with Crippen molar-refractivity contribution in [2.75, 3.05) is 40.0 Å². The number of hydrogen-bond donors (Lipinski definition) is 0. The lowest BCUT2D eigenvalue weighted by molar-refractivity contribution is -0.0122. The zero-order valence-electron chi connectivity index (χ0n) is 20.2. The van der Waals surface area contributed by atoms with Crippen molar-refractivity contribution in [1.29, 1.82) is 0 Å². The maximum Gasteiger partial charge on any atom is 0.338 e. The van der Waals surface area contributed by atoms with Crippen LogP contribution in [0.1, 0.15) is 36.5 Å². The van der Waals surface area contributed by atoms with Crippen LogP contribution in [0.15, 0.2) is 42.6 Å². The Labute approximate surface area is 200 Å². The molecule has 8 heteroatoms. The molecule has 0 spiro atoms. The number of rotatable bonds is 10. The van der Waals surface area contributed by atoms with Crippen molar-refractivity contribution in [2.45, 2.75) is 32.2 Å². The molecule has 2 heterocycles. The second-order valence-electron chi connectivity index (χ2n) is 8.50. The quantitative estimate of drug-likeness (QED) is 0.323. The maximum absolute atomic E-state index is 12.1. The summed E-state index contributed by atoms with van der Waals surface area (Å²) in [5.41, 5.74) is 1.22. The molecule has 0 amide bonds. The van der Waals surface area contributed by atoms with E-state index in [2.05, 4.69) is 16.9 Å². The Bertz CT molecular complexity index is 1090. The number of benzene rings is 2. The average Bonchev–Trinajstić information content (AvgIpc) is 3.24. The molecular formula is C26H33N3O5. The van der Waals surface area contributed by atoms with Crippen molar-refractivity contribution in [3.8, 4) is 17.2 Å². The largest absolute Gasteiger partial charge is 0.494 e. The topological polar surface area (TPSA) is 75.1 Å². The summed E-state index contributed by atoms with van der Waals surface area (Å²) in [6, 6.07) is 11.5. The number of aromatic nitrogens is 2. The van der Waals surface area contributed by atoms with E-state index in [0.29, 0.717) is 29.7 Å². The number of nitrogens with zero attached hydrogens (tertiary/aromatic N) is 3. The third-order valence-electron chi connectivity index (χ3n) is 6.10. The average molecular weight is 468 g/mol. The van der Waals surface area contributed by atoms with Crippen LogP contribution in [0.3, 0.4) is 0 Å². The summed E-state index contributed by atoms with van der Waals surface area (Å²) in [5, 5.41) is 5.09. The predicted octanol–water partition coefficient (Wildman–Crippen LogP) is 4.42. The summed E-state index contributed by atoms with van der Waals surface area (Å²) < 4.78 is 24.3. The zero-order chi connectivity index (χ0) is 23.9. The number of morpholine rings is 1. The molecule has 3 aromatic rings. The van der Waals surface area contributed by atoms with Gasteiger partial charge in [0.1, 0.15) is 17.0 Å². The molecule has 1 atom stereocenters. The first kappa shape index (κ1) is 24.0.